The molecule has 1 aliphatic heterocycles. The fraction of sp³-hybridized carbons (Fsp3) is 1.00. The van der Waals surface area contributed by atoms with E-state index in [4.69, 9.17) is 0 Å². The van der Waals surface area contributed by atoms with E-state index in [0.29, 0.717) is 0 Å². The molecule has 51 valence electrons. The third kappa shape index (κ3) is 0.877. The van der Waals surface area contributed by atoms with Gasteiger partial charge in [0.1, 0.15) is 0 Å². The van der Waals surface area contributed by atoms with E-state index in [1.54, 1.807) is 0 Å². The van der Waals surface area contributed by atoms with Crippen LogP contribution in [0.1, 0.15) is 32.1 Å². The quantitative estimate of drug-likeness (QED) is 0.465. The van der Waals surface area contributed by atoms with E-state index in [2.05, 4.69) is 5.32 Å². The molecule has 0 bridgehead atoms. The molecule has 1 heterocycles. The van der Waals surface area contributed by atoms with E-state index < -0.39 is 0 Å². The van der Waals surface area contributed by atoms with Gasteiger partial charge in [0.2, 0.25) is 0 Å². The van der Waals surface area contributed by atoms with Gasteiger partial charge < -0.3 is 0 Å². The lowest BCUT2D eigenvalue weighted by atomic mass is 9.70. The number of rotatable bonds is 0. The van der Waals surface area contributed by atoms with E-state index in [0.717, 1.165) is 5.41 Å². The first kappa shape index (κ1) is 5.72. The highest BCUT2D eigenvalue weighted by Crippen LogP contribution is 2.39. The maximum Gasteiger partial charge on any atom is 0.0203 e. The molecule has 9 heavy (non-hydrogen) atoms. The standard InChI is InChI=1S/C8H14N/c1-2-4-8(5-3-1)6-9-7-8/h1-7H2. The first-order chi connectivity index (χ1) is 4.41. The molecule has 1 saturated heterocycles. The van der Waals surface area contributed by atoms with Crippen molar-refractivity contribution in [1.29, 1.82) is 0 Å². The van der Waals surface area contributed by atoms with Gasteiger partial charge in [-0.1, -0.05) is 19.3 Å². The average molecular weight is 124 g/mol. The summed E-state index contributed by atoms with van der Waals surface area (Å²) in [4.78, 5) is 0. The van der Waals surface area contributed by atoms with Crippen molar-refractivity contribution in [3.05, 3.63) is 0 Å². The molecular formula is C8H14N. The van der Waals surface area contributed by atoms with E-state index in [1.807, 2.05) is 0 Å². The Balaban J connectivity index is 1.93. The second-order valence-corrected chi connectivity index (χ2v) is 3.60. The van der Waals surface area contributed by atoms with Crippen LogP contribution in [0, 0.1) is 5.41 Å². The third-order valence-corrected chi connectivity index (χ3v) is 2.81. The van der Waals surface area contributed by atoms with Gasteiger partial charge in [0.15, 0.2) is 0 Å². The Hall–Kier alpha value is -0.0400. The van der Waals surface area contributed by atoms with Gasteiger partial charge in [0.05, 0.1) is 0 Å². The monoisotopic (exact) mass is 124 g/mol. The smallest absolute Gasteiger partial charge is 0.0203 e. The number of hydrogen-bond donors (Lipinski definition) is 0. The van der Waals surface area contributed by atoms with Gasteiger partial charge in [-0.25, -0.2) is 5.32 Å². The van der Waals surface area contributed by atoms with E-state index >= 15 is 0 Å². The third-order valence-electron chi connectivity index (χ3n) is 2.81. The van der Waals surface area contributed by atoms with Gasteiger partial charge in [0.25, 0.3) is 0 Å². The van der Waals surface area contributed by atoms with Gasteiger partial charge in [-0.2, -0.15) is 0 Å². The van der Waals surface area contributed by atoms with Crippen molar-refractivity contribution < 1.29 is 0 Å². The zero-order valence-electron chi connectivity index (χ0n) is 5.90. The van der Waals surface area contributed by atoms with Gasteiger partial charge in [-0.15, -0.1) is 0 Å². The van der Waals surface area contributed by atoms with Gasteiger partial charge in [-0.3, -0.25) is 0 Å². The summed E-state index contributed by atoms with van der Waals surface area (Å²) < 4.78 is 0. The molecule has 1 nitrogen and oxygen atoms in total. The van der Waals surface area contributed by atoms with E-state index in [-0.39, 0.29) is 0 Å². The predicted octanol–water partition coefficient (Wildman–Crippen LogP) is 1.55. The van der Waals surface area contributed by atoms with Gasteiger partial charge in [-0.05, 0) is 18.3 Å². The van der Waals surface area contributed by atoms with Crippen LogP contribution in [0.15, 0.2) is 0 Å². The molecule has 0 aromatic heterocycles. The molecule has 0 N–H and O–H groups in total. The molecule has 2 aliphatic rings. The highest BCUT2D eigenvalue weighted by atomic mass is 15.0. The minimum Gasteiger partial charge on any atom is -0.241 e. The van der Waals surface area contributed by atoms with Crippen molar-refractivity contribution in [2.24, 2.45) is 5.41 Å². The summed E-state index contributed by atoms with van der Waals surface area (Å²) in [6.07, 6.45) is 7.35. The Labute approximate surface area is 56.8 Å². The molecule has 0 amide bonds. The van der Waals surface area contributed by atoms with Crippen LogP contribution in [0.3, 0.4) is 0 Å². The molecule has 0 aromatic rings. The molecule has 1 aliphatic carbocycles. The lowest BCUT2D eigenvalue weighted by molar-refractivity contribution is 0.102. The average Bonchev–Trinajstić information content (AvgIpc) is 1.87. The summed E-state index contributed by atoms with van der Waals surface area (Å²) in [6, 6.07) is 0. The fourth-order valence-electron chi connectivity index (χ4n) is 2.05. The van der Waals surface area contributed by atoms with Crippen LogP contribution < -0.4 is 5.32 Å². The maximum absolute atomic E-state index is 4.29. The van der Waals surface area contributed by atoms with Crippen LogP contribution in [-0.4, -0.2) is 13.1 Å². The molecule has 0 atom stereocenters. The largest absolute Gasteiger partial charge is 0.241 e. The van der Waals surface area contributed by atoms with Crippen molar-refractivity contribution in [2.75, 3.05) is 13.1 Å². The van der Waals surface area contributed by atoms with Crippen LogP contribution in [0.5, 0.6) is 0 Å². The molecule has 0 unspecified atom stereocenters. The molecule has 0 aromatic carbocycles. The molecule has 1 saturated carbocycles. The summed E-state index contributed by atoms with van der Waals surface area (Å²) in [5, 5.41) is 4.29. The maximum atomic E-state index is 4.29. The second kappa shape index (κ2) is 1.98. The summed E-state index contributed by atoms with van der Waals surface area (Å²) in [5.74, 6) is 0. The van der Waals surface area contributed by atoms with Crippen molar-refractivity contribution >= 4 is 0 Å². The van der Waals surface area contributed by atoms with Crippen molar-refractivity contribution in [2.45, 2.75) is 32.1 Å². The summed E-state index contributed by atoms with van der Waals surface area (Å²) >= 11 is 0. The summed E-state index contributed by atoms with van der Waals surface area (Å²) in [6.45, 7) is 2.38. The van der Waals surface area contributed by atoms with Crippen LogP contribution in [-0.2, 0) is 0 Å². The minimum absolute atomic E-state index is 0.734. The zero-order chi connectivity index (χ0) is 6.16. The van der Waals surface area contributed by atoms with Crippen LogP contribution in [0.4, 0.5) is 0 Å². The molecule has 1 spiro atoms. The topological polar surface area (TPSA) is 14.1 Å². The van der Waals surface area contributed by atoms with Crippen LogP contribution in [0.2, 0.25) is 0 Å². The summed E-state index contributed by atoms with van der Waals surface area (Å²) in [7, 11) is 0. The van der Waals surface area contributed by atoms with E-state index in [1.165, 1.54) is 45.2 Å². The summed E-state index contributed by atoms with van der Waals surface area (Å²) in [5.41, 5.74) is 0.734. The molecule has 1 radical (unpaired) electrons. The van der Waals surface area contributed by atoms with Crippen molar-refractivity contribution in [3.8, 4) is 0 Å². The molecule has 2 fully saturated rings. The predicted molar refractivity (Wildman–Crippen MR) is 37.4 cm³/mol. The Bertz CT molecular complexity index is 97.1. The highest BCUT2D eigenvalue weighted by Gasteiger charge is 2.38. The first-order valence-corrected chi connectivity index (χ1v) is 4.05. The molecular weight excluding hydrogens is 110 g/mol. The van der Waals surface area contributed by atoms with Gasteiger partial charge in [0, 0.05) is 13.1 Å². The Kier molecular flexibility index (Phi) is 1.26. The van der Waals surface area contributed by atoms with Crippen molar-refractivity contribution in [1.82, 2.24) is 5.32 Å². The Morgan fingerprint density at radius 3 is 1.89 bits per heavy atom. The van der Waals surface area contributed by atoms with Crippen molar-refractivity contribution in [3.63, 3.8) is 0 Å². The SMILES string of the molecule is C1CCC2(CC1)C[N]C2. The molecule has 1 heteroatoms. The van der Waals surface area contributed by atoms with Crippen LogP contribution >= 0.6 is 0 Å². The number of hydrogen-bond acceptors (Lipinski definition) is 0. The lowest BCUT2D eigenvalue weighted by Crippen LogP contribution is -2.49. The number of nitrogens with zero attached hydrogens (tertiary/aromatic N) is 1. The second-order valence-electron chi connectivity index (χ2n) is 3.60. The highest BCUT2D eigenvalue weighted by molar-refractivity contribution is 4.93. The fourth-order valence-corrected chi connectivity index (χ4v) is 2.05. The van der Waals surface area contributed by atoms with E-state index in [9.17, 15) is 0 Å². The normalized spacial score (nSPS) is 32.0. The lowest BCUT2D eigenvalue weighted by Gasteiger charge is -2.44. The zero-order valence-corrected chi connectivity index (χ0v) is 5.90. The van der Waals surface area contributed by atoms with Crippen LogP contribution in [0.25, 0.3) is 0 Å². The van der Waals surface area contributed by atoms with Gasteiger partial charge >= 0.3 is 0 Å². The Morgan fingerprint density at radius 2 is 1.56 bits per heavy atom. The first-order valence-electron chi connectivity index (χ1n) is 4.05. The molecule has 2 rings (SSSR count). The minimum atomic E-state index is 0.734. The Morgan fingerprint density at radius 1 is 0.889 bits per heavy atom.